The van der Waals surface area contributed by atoms with Crippen LogP contribution >= 0.6 is 11.6 Å². The zero-order valence-electron chi connectivity index (χ0n) is 13.2. The molecule has 1 fully saturated rings. The van der Waals surface area contributed by atoms with E-state index in [0.29, 0.717) is 23.6 Å². The highest BCUT2D eigenvalue weighted by atomic mass is 35.5. The number of oxime groups is 1. The van der Waals surface area contributed by atoms with Gasteiger partial charge in [-0.05, 0) is 25.0 Å². The number of carbonyl (C=O) groups excluding carboxylic acids is 1. The molecule has 1 aliphatic rings. The zero-order chi connectivity index (χ0) is 17.1. The molecule has 1 aromatic heterocycles. The molecular formula is C16H18ClN5O2. The molecule has 1 amide bonds. The van der Waals surface area contributed by atoms with E-state index in [1.54, 1.807) is 46.2 Å². The van der Waals surface area contributed by atoms with Crippen LogP contribution in [0.1, 0.15) is 18.4 Å². The van der Waals surface area contributed by atoms with E-state index in [9.17, 15) is 4.79 Å². The number of halogens is 1. The van der Waals surface area contributed by atoms with Crippen LogP contribution in [0.25, 0.3) is 0 Å². The predicted octanol–water partition coefficient (Wildman–Crippen LogP) is 1.91. The maximum Gasteiger partial charge on any atom is 0.270 e. The lowest BCUT2D eigenvalue weighted by Crippen LogP contribution is -2.45. The van der Waals surface area contributed by atoms with Crippen LogP contribution in [0.15, 0.2) is 41.8 Å². The van der Waals surface area contributed by atoms with Crippen molar-refractivity contribution in [1.29, 1.82) is 0 Å². The quantitative estimate of drug-likeness (QED) is 0.520. The fourth-order valence-electron chi connectivity index (χ4n) is 2.57. The summed E-state index contributed by atoms with van der Waals surface area (Å²) >= 11 is 5.93. The van der Waals surface area contributed by atoms with Crippen LogP contribution in [0, 0.1) is 0 Å². The summed E-state index contributed by atoms with van der Waals surface area (Å²) in [7, 11) is 1.81. The lowest BCUT2D eigenvalue weighted by Gasteiger charge is -2.29. The number of rotatable bonds is 4. The zero-order valence-corrected chi connectivity index (χ0v) is 14.0. The Balaban J connectivity index is 1.70. The van der Waals surface area contributed by atoms with Crippen LogP contribution in [-0.2, 0) is 16.7 Å². The Morgan fingerprint density at radius 1 is 1.50 bits per heavy atom. The van der Waals surface area contributed by atoms with Gasteiger partial charge in [-0.3, -0.25) is 9.48 Å². The molecule has 0 aliphatic carbocycles. The third-order valence-corrected chi connectivity index (χ3v) is 4.03. The Kier molecular flexibility index (Phi) is 4.71. The lowest BCUT2D eigenvalue weighted by molar-refractivity contribution is -0.132. The Morgan fingerprint density at radius 3 is 3.04 bits per heavy atom. The molecule has 0 spiro atoms. The van der Waals surface area contributed by atoms with Crippen LogP contribution in [0.5, 0.6) is 0 Å². The van der Waals surface area contributed by atoms with Crippen molar-refractivity contribution >= 4 is 29.0 Å². The fraction of sp³-hybridized carbons (Fsp3) is 0.312. The van der Waals surface area contributed by atoms with Gasteiger partial charge in [-0.2, -0.15) is 5.10 Å². The number of nitrogens with zero attached hydrogens (tertiary/aromatic N) is 4. The van der Waals surface area contributed by atoms with Crippen molar-refractivity contribution in [3.8, 4) is 0 Å². The van der Waals surface area contributed by atoms with E-state index >= 15 is 0 Å². The Morgan fingerprint density at radius 2 is 2.33 bits per heavy atom. The van der Waals surface area contributed by atoms with Gasteiger partial charge in [0.2, 0.25) is 6.10 Å². The van der Waals surface area contributed by atoms with Crippen LogP contribution in [0.3, 0.4) is 0 Å². The minimum absolute atomic E-state index is 0.142. The third-order valence-electron chi connectivity index (χ3n) is 3.79. The van der Waals surface area contributed by atoms with Crippen LogP contribution in [0.4, 0.5) is 5.69 Å². The number of hydrogen-bond donors (Lipinski definition) is 1. The van der Waals surface area contributed by atoms with Gasteiger partial charge in [0.05, 0.1) is 11.9 Å². The number of anilines is 1. The molecule has 1 saturated heterocycles. The first-order valence-corrected chi connectivity index (χ1v) is 7.97. The number of piperidine rings is 1. The number of hydrogen-bond acceptors (Lipinski definition) is 4. The van der Waals surface area contributed by atoms with Gasteiger partial charge in [-0.1, -0.05) is 28.9 Å². The van der Waals surface area contributed by atoms with E-state index in [4.69, 9.17) is 22.2 Å². The molecule has 24 heavy (non-hydrogen) atoms. The monoisotopic (exact) mass is 347 g/mol. The summed E-state index contributed by atoms with van der Waals surface area (Å²) in [5, 5.41) is 8.56. The first kappa shape index (κ1) is 16.3. The van der Waals surface area contributed by atoms with Crippen LogP contribution < -0.4 is 10.6 Å². The SMILES string of the molecule is Cn1cc(N2CCCC(O/N=C(\N)c3cccc(Cl)c3)C2=O)cn1. The molecule has 2 heterocycles. The molecule has 8 heteroatoms. The molecule has 0 bridgehead atoms. The second-order valence-corrected chi connectivity index (χ2v) is 6.02. The summed E-state index contributed by atoms with van der Waals surface area (Å²) in [6.45, 7) is 0.637. The first-order valence-electron chi connectivity index (χ1n) is 7.60. The number of benzene rings is 1. The molecule has 1 aromatic carbocycles. The van der Waals surface area contributed by atoms with Gasteiger partial charge in [0.15, 0.2) is 5.84 Å². The fourth-order valence-corrected chi connectivity index (χ4v) is 2.76. The molecule has 0 saturated carbocycles. The minimum atomic E-state index is -0.656. The summed E-state index contributed by atoms with van der Waals surface area (Å²) in [6.07, 6.45) is 4.21. The molecule has 126 valence electrons. The maximum atomic E-state index is 12.6. The Bertz CT molecular complexity index is 773. The van der Waals surface area contributed by atoms with E-state index in [0.717, 1.165) is 12.1 Å². The van der Waals surface area contributed by atoms with Crippen LogP contribution in [0.2, 0.25) is 5.02 Å². The molecule has 2 aromatic rings. The van der Waals surface area contributed by atoms with E-state index < -0.39 is 6.10 Å². The van der Waals surface area contributed by atoms with Gasteiger partial charge >= 0.3 is 0 Å². The highest BCUT2D eigenvalue weighted by Gasteiger charge is 2.32. The van der Waals surface area contributed by atoms with E-state index in [1.165, 1.54) is 0 Å². The van der Waals surface area contributed by atoms with Gasteiger partial charge in [0, 0.05) is 30.4 Å². The van der Waals surface area contributed by atoms with Crippen molar-refractivity contribution in [2.24, 2.45) is 17.9 Å². The van der Waals surface area contributed by atoms with Crippen molar-refractivity contribution in [1.82, 2.24) is 9.78 Å². The van der Waals surface area contributed by atoms with Crippen molar-refractivity contribution in [3.63, 3.8) is 0 Å². The molecule has 7 nitrogen and oxygen atoms in total. The highest BCUT2D eigenvalue weighted by molar-refractivity contribution is 6.31. The maximum absolute atomic E-state index is 12.6. The van der Waals surface area contributed by atoms with Crippen molar-refractivity contribution < 1.29 is 9.63 Å². The number of amidine groups is 1. The van der Waals surface area contributed by atoms with Gasteiger partial charge < -0.3 is 15.5 Å². The second-order valence-electron chi connectivity index (χ2n) is 5.59. The molecule has 1 aliphatic heterocycles. The molecule has 1 unspecified atom stereocenters. The van der Waals surface area contributed by atoms with Gasteiger partial charge in [-0.15, -0.1) is 0 Å². The Hall–Kier alpha value is -2.54. The van der Waals surface area contributed by atoms with Crippen molar-refractivity contribution in [2.75, 3.05) is 11.4 Å². The number of aromatic nitrogens is 2. The molecular weight excluding hydrogens is 330 g/mol. The van der Waals surface area contributed by atoms with Gasteiger partial charge in [0.25, 0.3) is 5.91 Å². The average Bonchev–Trinajstić information content (AvgIpc) is 3.00. The number of aryl methyl sites for hydroxylation is 1. The second kappa shape index (κ2) is 6.92. The van der Waals surface area contributed by atoms with E-state index in [2.05, 4.69) is 10.3 Å². The summed E-state index contributed by atoms with van der Waals surface area (Å²) in [6, 6.07) is 6.98. The number of carbonyl (C=O) groups is 1. The standard InChI is InChI=1S/C16H18ClN5O2/c1-21-10-13(9-19-21)22-7-3-6-14(16(22)23)24-20-15(18)11-4-2-5-12(17)8-11/h2,4-5,8-10,14H,3,6-7H2,1H3,(H2,18,20). The lowest BCUT2D eigenvalue weighted by atomic mass is 10.1. The minimum Gasteiger partial charge on any atom is -0.381 e. The summed E-state index contributed by atoms with van der Waals surface area (Å²) in [4.78, 5) is 19.6. The topological polar surface area (TPSA) is 85.7 Å². The van der Waals surface area contributed by atoms with Crippen LogP contribution in [-0.4, -0.2) is 34.2 Å². The summed E-state index contributed by atoms with van der Waals surface area (Å²) < 4.78 is 1.66. The number of amides is 1. The molecule has 1 atom stereocenters. The predicted molar refractivity (Wildman–Crippen MR) is 91.8 cm³/mol. The van der Waals surface area contributed by atoms with E-state index in [-0.39, 0.29) is 11.7 Å². The largest absolute Gasteiger partial charge is 0.381 e. The van der Waals surface area contributed by atoms with E-state index in [1.807, 2.05) is 7.05 Å². The third kappa shape index (κ3) is 3.51. The van der Waals surface area contributed by atoms with Crippen molar-refractivity contribution in [3.05, 3.63) is 47.2 Å². The first-order chi connectivity index (χ1) is 11.5. The summed E-state index contributed by atoms with van der Waals surface area (Å²) in [5.41, 5.74) is 7.30. The Labute approximate surface area is 144 Å². The van der Waals surface area contributed by atoms with Gasteiger partial charge in [-0.25, -0.2) is 0 Å². The highest BCUT2D eigenvalue weighted by Crippen LogP contribution is 2.22. The molecule has 3 rings (SSSR count). The summed E-state index contributed by atoms with van der Waals surface area (Å²) in [5.74, 6) is 0.0423. The average molecular weight is 348 g/mol. The van der Waals surface area contributed by atoms with Crippen molar-refractivity contribution in [2.45, 2.75) is 18.9 Å². The smallest absolute Gasteiger partial charge is 0.270 e. The molecule has 0 radical (unpaired) electrons. The normalized spacial score (nSPS) is 18.8. The van der Waals surface area contributed by atoms with Gasteiger partial charge in [0.1, 0.15) is 0 Å². The molecule has 2 N–H and O–H groups in total. The number of nitrogens with two attached hydrogens (primary N) is 1.